The molecule has 162 valence electrons. The summed E-state index contributed by atoms with van der Waals surface area (Å²) in [4.78, 5) is 22.7. The van der Waals surface area contributed by atoms with E-state index < -0.39 is 10.0 Å². The van der Waals surface area contributed by atoms with E-state index in [1.807, 2.05) is 13.0 Å². The van der Waals surface area contributed by atoms with Gasteiger partial charge in [0.05, 0.1) is 4.90 Å². The predicted octanol–water partition coefficient (Wildman–Crippen LogP) is 1.19. The SMILES string of the molecule is Cc1ccc(S(=O)(=O)N2CCN(C(=O)NCc3cccnc3-n3cncn3)CC2)cc1. The van der Waals surface area contributed by atoms with Gasteiger partial charge in [0.15, 0.2) is 5.82 Å². The molecule has 3 heterocycles. The monoisotopic (exact) mass is 441 g/mol. The number of benzene rings is 1. The van der Waals surface area contributed by atoms with Gasteiger partial charge in [0.2, 0.25) is 10.0 Å². The van der Waals surface area contributed by atoms with Crippen molar-refractivity contribution in [3.63, 3.8) is 0 Å². The highest BCUT2D eigenvalue weighted by Gasteiger charge is 2.30. The van der Waals surface area contributed by atoms with Crippen molar-refractivity contribution in [2.45, 2.75) is 18.4 Å². The van der Waals surface area contributed by atoms with Crippen LogP contribution in [0.25, 0.3) is 5.82 Å². The number of hydrogen-bond donors (Lipinski definition) is 1. The first-order valence-electron chi connectivity index (χ1n) is 9.83. The average molecular weight is 442 g/mol. The summed E-state index contributed by atoms with van der Waals surface area (Å²) in [7, 11) is -3.56. The molecule has 2 aromatic heterocycles. The molecule has 0 aliphatic carbocycles. The van der Waals surface area contributed by atoms with Crippen molar-refractivity contribution >= 4 is 16.1 Å². The third-order valence-corrected chi connectivity index (χ3v) is 7.03. The average Bonchev–Trinajstić information content (AvgIpc) is 3.33. The maximum absolute atomic E-state index is 12.8. The summed E-state index contributed by atoms with van der Waals surface area (Å²) in [6, 6.07) is 10.2. The lowest BCUT2D eigenvalue weighted by Gasteiger charge is -2.34. The van der Waals surface area contributed by atoms with Crippen LogP contribution in [0.3, 0.4) is 0 Å². The van der Waals surface area contributed by atoms with Gasteiger partial charge >= 0.3 is 6.03 Å². The molecule has 3 aromatic rings. The summed E-state index contributed by atoms with van der Waals surface area (Å²) >= 11 is 0. The van der Waals surface area contributed by atoms with Gasteiger partial charge < -0.3 is 10.2 Å². The van der Waals surface area contributed by atoms with E-state index in [1.54, 1.807) is 47.8 Å². The minimum absolute atomic E-state index is 0.249. The lowest BCUT2D eigenvalue weighted by atomic mass is 10.2. The van der Waals surface area contributed by atoms with Gasteiger partial charge in [-0.1, -0.05) is 23.8 Å². The smallest absolute Gasteiger partial charge is 0.317 e. The molecule has 0 unspecified atom stereocenters. The fourth-order valence-corrected chi connectivity index (χ4v) is 4.79. The fraction of sp³-hybridized carbons (Fsp3) is 0.300. The number of carbonyl (C=O) groups excluding carboxylic acids is 1. The van der Waals surface area contributed by atoms with E-state index in [9.17, 15) is 13.2 Å². The number of sulfonamides is 1. The highest BCUT2D eigenvalue weighted by Crippen LogP contribution is 2.18. The van der Waals surface area contributed by atoms with Gasteiger partial charge in [-0.15, -0.1) is 0 Å². The van der Waals surface area contributed by atoms with E-state index in [0.29, 0.717) is 18.9 Å². The topological polar surface area (TPSA) is 113 Å². The molecule has 1 aliphatic rings. The Balaban J connectivity index is 1.35. The van der Waals surface area contributed by atoms with Crippen LogP contribution in [0.4, 0.5) is 4.79 Å². The minimum Gasteiger partial charge on any atom is -0.334 e. The summed E-state index contributed by atoms with van der Waals surface area (Å²) < 4.78 is 28.6. The molecule has 0 atom stereocenters. The summed E-state index contributed by atoms with van der Waals surface area (Å²) in [5, 5.41) is 6.96. The molecular weight excluding hydrogens is 418 g/mol. The summed E-state index contributed by atoms with van der Waals surface area (Å²) in [6.07, 6.45) is 4.61. The van der Waals surface area contributed by atoms with E-state index >= 15 is 0 Å². The van der Waals surface area contributed by atoms with Crippen LogP contribution >= 0.6 is 0 Å². The molecule has 1 aliphatic heterocycles. The Labute approximate surface area is 180 Å². The molecule has 0 radical (unpaired) electrons. The molecule has 10 nitrogen and oxygen atoms in total. The zero-order valence-electron chi connectivity index (χ0n) is 17.0. The molecule has 11 heteroatoms. The van der Waals surface area contributed by atoms with Crippen LogP contribution < -0.4 is 5.32 Å². The lowest BCUT2D eigenvalue weighted by molar-refractivity contribution is 0.172. The van der Waals surface area contributed by atoms with Crippen LogP contribution in [-0.4, -0.2) is 69.6 Å². The van der Waals surface area contributed by atoms with Crippen molar-refractivity contribution in [1.82, 2.24) is 34.3 Å². The van der Waals surface area contributed by atoms with E-state index in [1.165, 1.54) is 15.3 Å². The second-order valence-corrected chi connectivity index (χ2v) is 9.13. The molecule has 1 aromatic carbocycles. The Morgan fingerprint density at radius 1 is 1.10 bits per heavy atom. The number of carbonyl (C=O) groups is 1. The summed E-state index contributed by atoms with van der Waals surface area (Å²) in [5.74, 6) is 0.592. The molecular formula is C20H23N7O3S. The predicted molar refractivity (Wildman–Crippen MR) is 113 cm³/mol. The highest BCUT2D eigenvalue weighted by atomic mass is 32.2. The van der Waals surface area contributed by atoms with Crippen molar-refractivity contribution in [2.24, 2.45) is 0 Å². The van der Waals surface area contributed by atoms with Crippen LogP contribution in [0.1, 0.15) is 11.1 Å². The number of nitrogens with one attached hydrogen (secondary N) is 1. The quantitative estimate of drug-likeness (QED) is 0.636. The molecule has 4 rings (SSSR count). The Morgan fingerprint density at radius 2 is 1.84 bits per heavy atom. The van der Waals surface area contributed by atoms with E-state index in [4.69, 9.17) is 0 Å². The number of rotatable bonds is 5. The number of urea groups is 1. The minimum atomic E-state index is -3.56. The van der Waals surface area contributed by atoms with E-state index in [2.05, 4.69) is 20.4 Å². The van der Waals surface area contributed by atoms with Gasteiger partial charge in [-0.2, -0.15) is 9.40 Å². The molecule has 0 saturated carbocycles. The first-order valence-corrected chi connectivity index (χ1v) is 11.3. The number of aromatic nitrogens is 4. The second-order valence-electron chi connectivity index (χ2n) is 7.19. The van der Waals surface area contributed by atoms with E-state index in [0.717, 1.165) is 11.1 Å². The number of hydrogen-bond acceptors (Lipinski definition) is 6. The zero-order valence-corrected chi connectivity index (χ0v) is 17.9. The maximum atomic E-state index is 12.8. The Kier molecular flexibility index (Phi) is 5.96. The highest BCUT2D eigenvalue weighted by molar-refractivity contribution is 7.89. The maximum Gasteiger partial charge on any atom is 0.317 e. The van der Waals surface area contributed by atoms with Crippen LogP contribution in [0.2, 0.25) is 0 Å². The van der Waals surface area contributed by atoms with Crippen LogP contribution in [0, 0.1) is 6.92 Å². The zero-order chi connectivity index (χ0) is 21.8. The summed E-state index contributed by atoms with van der Waals surface area (Å²) in [5.41, 5.74) is 1.79. The van der Waals surface area contributed by atoms with Crippen LogP contribution in [0.15, 0.2) is 60.1 Å². The molecule has 2 amide bonds. The van der Waals surface area contributed by atoms with Crippen molar-refractivity contribution in [2.75, 3.05) is 26.2 Å². The number of pyridine rings is 1. The normalized spacial score (nSPS) is 15.1. The van der Waals surface area contributed by atoms with Crippen molar-refractivity contribution in [3.8, 4) is 5.82 Å². The van der Waals surface area contributed by atoms with Crippen molar-refractivity contribution < 1.29 is 13.2 Å². The van der Waals surface area contributed by atoms with Gasteiger partial charge in [-0.25, -0.2) is 27.9 Å². The third-order valence-electron chi connectivity index (χ3n) is 5.12. The van der Waals surface area contributed by atoms with Gasteiger partial charge in [0.25, 0.3) is 0 Å². The second kappa shape index (κ2) is 8.82. The number of piperazine rings is 1. The number of aryl methyl sites for hydroxylation is 1. The standard InChI is InChI=1S/C20H23N7O3S/c1-16-4-6-18(7-5-16)31(29,30)26-11-9-25(10-12-26)20(28)23-13-17-3-2-8-22-19(17)27-15-21-14-24-27/h2-8,14-15H,9-13H2,1H3,(H,23,28). The number of nitrogens with zero attached hydrogens (tertiary/aromatic N) is 6. The molecule has 0 spiro atoms. The number of amides is 2. The van der Waals surface area contributed by atoms with Crippen molar-refractivity contribution in [3.05, 3.63) is 66.4 Å². The third kappa shape index (κ3) is 4.57. The first-order chi connectivity index (χ1) is 14.9. The van der Waals surface area contributed by atoms with Gasteiger partial charge in [-0.05, 0) is 25.1 Å². The Hall–Kier alpha value is -3.31. The van der Waals surface area contributed by atoms with Crippen molar-refractivity contribution in [1.29, 1.82) is 0 Å². The molecule has 0 bridgehead atoms. The Bertz CT molecular complexity index is 1140. The summed E-state index contributed by atoms with van der Waals surface area (Å²) in [6.45, 7) is 3.32. The van der Waals surface area contributed by atoms with E-state index in [-0.39, 0.29) is 30.6 Å². The van der Waals surface area contributed by atoms with Crippen LogP contribution in [0.5, 0.6) is 0 Å². The Morgan fingerprint density at radius 3 is 2.52 bits per heavy atom. The van der Waals surface area contributed by atoms with Gasteiger partial charge in [-0.3, -0.25) is 0 Å². The lowest BCUT2D eigenvalue weighted by Crippen LogP contribution is -2.53. The van der Waals surface area contributed by atoms with Gasteiger partial charge in [0, 0.05) is 44.5 Å². The molecule has 1 N–H and O–H groups in total. The van der Waals surface area contributed by atoms with Crippen LogP contribution in [-0.2, 0) is 16.6 Å². The molecule has 31 heavy (non-hydrogen) atoms. The largest absolute Gasteiger partial charge is 0.334 e. The molecule has 1 fully saturated rings. The first kappa shape index (κ1) is 20.9. The molecule has 1 saturated heterocycles. The van der Waals surface area contributed by atoms with Gasteiger partial charge in [0.1, 0.15) is 12.7 Å². The fourth-order valence-electron chi connectivity index (χ4n) is 3.37.